The number of carbonyl (C=O) groups excluding carboxylic acids is 1. The van der Waals surface area contributed by atoms with Gasteiger partial charge in [0.2, 0.25) is 0 Å². The summed E-state index contributed by atoms with van der Waals surface area (Å²) in [7, 11) is 1.36. The molecule has 0 aliphatic rings. The Balaban J connectivity index is 2.30. The van der Waals surface area contributed by atoms with E-state index in [-0.39, 0.29) is 47.0 Å². The van der Waals surface area contributed by atoms with Crippen molar-refractivity contribution in [3.05, 3.63) is 58.7 Å². The maximum atomic E-state index is 12.8. The molecule has 5 heteroatoms. The molecule has 0 spiro atoms. The first-order chi connectivity index (χ1) is 12.3. The highest BCUT2D eigenvalue weighted by atomic mass is 16.5. The lowest BCUT2D eigenvalue weighted by Gasteiger charge is -2.21. The second-order valence-corrected chi connectivity index (χ2v) is 6.36. The van der Waals surface area contributed by atoms with Gasteiger partial charge in [0.15, 0.2) is 5.78 Å². The van der Waals surface area contributed by atoms with Crippen LogP contribution in [0.3, 0.4) is 0 Å². The summed E-state index contributed by atoms with van der Waals surface area (Å²) in [6.45, 7) is 3.80. The average molecular weight is 355 g/mol. The van der Waals surface area contributed by atoms with Crippen LogP contribution in [0, 0.1) is 0 Å². The van der Waals surface area contributed by atoms with E-state index >= 15 is 0 Å². The van der Waals surface area contributed by atoms with Gasteiger partial charge in [0, 0.05) is 12.5 Å². The van der Waals surface area contributed by atoms with E-state index in [2.05, 4.69) is 0 Å². The van der Waals surface area contributed by atoms with Crippen molar-refractivity contribution in [1.29, 1.82) is 0 Å². The SMILES string of the molecule is COc1cc(O)c(CC=C(C)C)c([O-])c1C(=O)CCc1ccc(O)cc1. The van der Waals surface area contributed by atoms with E-state index < -0.39 is 5.75 Å². The van der Waals surface area contributed by atoms with Gasteiger partial charge in [-0.15, -0.1) is 0 Å². The average Bonchev–Trinajstić information content (AvgIpc) is 2.60. The topological polar surface area (TPSA) is 89.8 Å². The third-order valence-electron chi connectivity index (χ3n) is 4.11. The smallest absolute Gasteiger partial charge is 0.166 e. The van der Waals surface area contributed by atoms with E-state index in [1.54, 1.807) is 24.3 Å². The molecule has 26 heavy (non-hydrogen) atoms. The van der Waals surface area contributed by atoms with Gasteiger partial charge < -0.3 is 20.1 Å². The number of aromatic hydroxyl groups is 2. The fraction of sp³-hybridized carbons (Fsp3) is 0.286. The van der Waals surface area contributed by atoms with E-state index in [0.29, 0.717) is 6.42 Å². The number of Topliss-reactive ketones (excluding diaryl/α,β-unsaturated/α-hetero) is 1. The normalized spacial score (nSPS) is 10.4. The lowest BCUT2D eigenvalue weighted by molar-refractivity contribution is -0.269. The predicted octanol–water partition coefficient (Wildman–Crippen LogP) is 3.50. The van der Waals surface area contributed by atoms with Crippen LogP contribution in [-0.2, 0) is 12.8 Å². The minimum Gasteiger partial charge on any atom is -0.872 e. The Kier molecular flexibility index (Phi) is 6.28. The van der Waals surface area contributed by atoms with Crippen molar-refractivity contribution in [1.82, 2.24) is 0 Å². The molecule has 0 bridgehead atoms. The Bertz CT molecular complexity index is 815. The van der Waals surface area contributed by atoms with Crippen molar-refractivity contribution in [3.63, 3.8) is 0 Å². The van der Waals surface area contributed by atoms with Gasteiger partial charge in [-0.2, -0.15) is 0 Å². The molecule has 0 aliphatic carbocycles. The number of ketones is 1. The van der Waals surface area contributed by atoms with E-state index in [4.69, 9.17) is 4.74 Å². The summed E-state index contributed by atoms with van der Waals surface area (Å²) >= 11 is 0. The lowest BCUT2D eigenvalue weighted by atomic mass is 9.96. The Morgan fingerprint density at radius 1 is 1.19 bits per heavy atom. The van der Waals surface area contributed by atoms with Gasteiger partial charge >= 0.3 is 0 Å². The van der Waals surface area contributed by atoms with Gasteiger partial charge in [0.25, 0.3) is 0 Å². The number of phenols is 2. The molecule has 2 aromatic rings. The first-order valence-electron chi connectivity index (χ1n) is 8.37. The molecule has 0 saturated carbocycles. The van der Waals surface area contributed by atoms with Crippen LogP contribution in [0.15, 0.2) is 42.0 Å². The molecule has 0 heterocycles. The highest BCUT2D eigenvalue weighted by molar-refractivity contribution is 6.02. The number of hydrogen-bond acceptors (Lipinski definition) is 5. The molecule has 2 aromatic carbocycles. The molecule has 0 aliphatic heterocycles. The van der Waals surface area contributed by atoms with E-state index in [0.717, 1.165) is 11.1 Å². The summed E-state index contributed by atoms with van der Waals surface area (Å²) in [5, 5.41) is 32.2. The van der Waals surface area contributed by atoms with Crippen LogP contribution in [0.25, 0.3) is 0 Å². The number of benzene rings is 2. The van der Waals surface area contributed by atoms with Crippen molar-refractivity contribution < 1.29 is 24.9 Å². The van der Waals surface area contributed by atoms with Gasteiger partial charge in [-0.1, -0.05) is 29.5 Å². The van der Waals surface area contributed by atoms with Crippen LogP contribution in [0.2, 0.25) is 0 Å². The largest absolute Gasteiger partial charge is 0.872 e. The minimum atomic E-state index is -0.491. The van der Waals surface area contributed by atoms with Gasteiger partial charge in [0.1, 0.15) is 17.2 Å². The third-order valence-corrected chi connectivity index (χ3v) is 4.11. The molecule has 0 saturated heterocycles. The molecule has 0 amide bonds. The molecule has 0 atom stereocenters. The van der Waals surface area contributed by atoms with E-state index in [1.807, 2.05) is 19.9 Å². The summed E-state index contributed by atoms with van der Waals surface area (Å²) in [5.74, 6) is -0.747. The van der Waals surface area contributed by atoms with Crippen molar-refractivity contribution in [2.45, 2.75) is 33.1 Å². The Morgan fingerprint density at radius 2 is 1.85 bits per heavy atom. The second-order valence-electron chi connectivity index (χ2n) is 6.36. The fourth-order valence-electron chi connectivity index (χ4n) is 2.64. The standard InChI is InChI=1S/C21H24O5/c1-13(2)4-10-16-18(24)12-19(26-3)20(21(16)25)17(23)11-7-14-5-8-15(22)9-6-14/h4-6,8-9,12,22,24-25H,7,10-11H2,1-3H3/p-1. The number of allylic oxidation sites excluding steroid dienone is 2. The minimum absolute atomic E-state index is 0.0266. The number of rotatable bonds is 7. The maximum Gasteiger partial charge on any atom is 0.166 e. The predicted molar refractivity (Wildman–Crippen MR) is 98.0 cm³/mol. The quantitative estimate of drug-likeness (QED) is 0.586. The zero-order valence-corrected chi connectivity index (χ0v) is 15.2. The highest BCUT2D eigenvalue weighted by Gasteiger charge is 2.18. The Labute approximate surface area is 153 Å². The summed E-state index contributed by atoms with van der Waals surface area (Å²) in [6.07, 6.45) is 2.65. The molecule has 0 unspecified atom stereocenters. The van der Waals surface area contributed by atoms with Gasteiger partial charge in [0.05, 0.1) is 12.7 Å². The van der Waals surface area contributed by atoms with Crippen molar-refractivity contribution in [2.24, 2.45) is 0 Å². The molecule has 2 N–H and O–H groups in total. The number of aryl methyl sites for hydroxylation is 1. The number of hydrogen-bond donors (Lipinski definition) is 2. The van der Waals surface area contributed by atoms with Crippen LogP contribution < -0.4 is 9.84 Å². The second kappa shape index (κ2) is 8.43. The van der Waals surface area contributed by atoms with Gasteiger partial charge in [-0.25, -0.2) is 0 Å². The van der Waals surface area contributed by atoms with Gasteiger partial charge in [-0.3, -0.25) is 4.79 Å². The summed E-state index contributed by atoms with van der Waals surface area (Å²) in [4.78, 5) is 12.7. The zero-order valence-electron chi connectivity index (χ0n) is 15.2. The van der Waals surface area contributed by atoms with Crippen molar-refractivity contribution in [2.75, 3.05) is 7.11 Å². The molecule has 2 rings (SSSR count). The first kappa shape index (κ1) is 19.4. The third kappa shape index (κ3) is 4.57. The molecule has 0 aromatic heterocycles. The molecule has 0 radical (unpaired) electrons. The molecule has 0 fully saturated rings. The van der Waals surface area contributed by atoms with E-state index in [1.165, 1.54) is 13.2 Å². The molecule has 5 nitrogen and oxygen atoms in total. The monoisotopic (exact) mass is 355 g/mol. The van der Waals surface area contributed by atoms with E-state index in [9.17, 15) is 20.1 Å². The van der Waals surface area contributed by atoms with Crippen LogP contribution in [0.4, 0.5) is 0 Å². The molecular weight excluding hydrogens is 332 g/mol. The lowest BCUT2D eigenvalue weighted by Crippen LogP contribution is -2.11. The highest BCUT2D eigenvalue weighted by Crippen LogP contribution is 2.37. The van der Waals surface area contributed by atoms with Gasteiger partial charge in [-0.05, 0) is 49.9 Å². The van der Waals surface area contributed by atoms with Crippen LogP contribution in [-0.4, -0.2) is 23.1 Å². The Hall–Kier alpha value is -2.95. The summed E-state index contributed by atoms with van der Waals surface area (Å²) < 4.78 is 5.15. The maximum absolute atomic E-state index is 12.8. The molecule has 138 valence electrons. The number of methoxy groups -OCH3 is 1. The number of phenolic OH excluding ortho intramolecular Hbond substituents is 2. The molecular formula is C21H23O5-. The van der Waals surface area contributed by atoms with Crippen molar-refractivity contribution >= 4 is 5.78 Å². The van der Waals surface area contributed by atoms with Crippen LogP contribution in [0.1, 0.15) is 41.8 Å². The van der Waals surface area contributed by atoms with Crippen LogP contribution in [0.5, 0.6) is 23.0 Å². The summed E-state index contributed by atoms with van der Waals surface area (Å²) in [6, 6.07) is 7.89. The first-order valence-corrected chi connectivity index (χ1v) is 8.37. The summed E-state index contributed by atoms with van der Waals surface area (Å²) in [5.41, 5.74) is 2.06. The zero-order chi connectivity index (χ0) is 19.3. The van der Waals surface area contributed by atoms with Crippen molar-refractivity contribution in [3.8, 4) is 23.0 Å². The Morgan fingerprint density at radius 3 is 2.42 bits per heavy atom. The number of carbonyl (C=O) groups is 1. The fourth-order valence-corrected chi connectivity index (χ4v) is 2.64. The van der Waals surface area contributed by atoms with Crippen LogP contribution >= 0.6 is 0 Å². The number of ether oxygens (including phenoxy) is 1.